The van der Waals surface area contributed by atoms with E-state index in [0.717, 1.165) is 11.4 Å². The molecule has 3 heteroatoms. The van der Waals surface area contributed by atoms with Crippen molar-refractivity contribution >= 4 is 0 Å². The van der Waals surface area contributed by atoms with Gasteiger partial charge >= 0.3 is 0 Å². The number of hydrogen-bond acceptors (Lipinski definition) is 2. The standard InChI is InChI=1S/C9H9N3/c1-12-7-5-9(11-12)8-4-2-3-6-10-8/h2-7H,1H3/i7D. The van der Waals surface area contributed by atoms with Gasteiger partial charge in [-0.2, -0.15) is 5.10 Å². The Morgan fingerprint density at radius 2 is 2.25 bits per heavy atom. The molecular weight excluding hydrogens is 150 g/mol. The Balaban J connectivity index is 2.48. The lowest BCUT2D eigenvalue weighted by Gasteiger charge is -1.92. The third kappa shape index (κ3) is 1.21. The molecule has 0 saturated carbocycles. The summed E-state index contributed by atoms with van der Waals surface area (Å²) in [6.45, 7) is 0. The van der Waals surface area contributed by atoms with Gasteiger partial charge in [-0.25, -0.2) is 0 Å². The molecule has 0 N–H and O–H groups in total. The van der Waals surface area contributed by atoms with Gasteiger partial charge in [-0.15, -0.1) is 0 Å². The first-order chi connectivity index (χ1) is 6.27. The van der Waals surface area contributed by atoms with E-state index in [-0.39, 0.29) is 0 Å². The number of aromatic nitrogens is 3. The monoisotopic (exact) mass is 160 g/mol. The summed E-state index contributed by atoms with van der Waals surface area (Å²) in [4.78, 5) is 4.14. The van der Waals surface area contributed by atoms with Gasteiger partial charge in [0.2, 0.25) is 0 Å². The third-order valence-corrected chi connectivity index (χ3v) is 1.57. The summed E-state index contributed by atoms with van der Waals surface area (Å²) < 4.78 is 8.98. The zero-order valence-corrected chi connectivity index (χ0v) is 6.73. The molecule has 0 aromatic carbocycles. The maximum atomic E-state index is 7.46. The highest BCUT2D eigenvalue weighted by molar-refractivity contribution is 5.52. The number of pyridine rings is 1. The van der Waals surface area contributed by atoms with Gasteiger partial charge in [0.1, 0.15) is 5.69 Å². The van der Waals surface area contributed by atoms with E-state index in [1.807, 2.05) is 18.2 Å². The maximum Gasteiger partial charge on any atom is 0.111 e. The Morgan fingerprint density at radius 3 is 2.83 bits per heavy atom. The Morgan fingerprint density at radius 1 is 1.33 bits per heavy atom. The highest BCUT2D eigenvalue weighted by atomic mass is 15.2. The highest BCUT2D eigenvalue weighted by Gasteiger charge is 1.99. The molecule has 2 rings (SSSR count). The van der Waals surface area contributed by atoms with E-state index in [0.29, 0.717) is 6.17 Å². The summed E-state index contributed by atoms with van der Waals surface area (Å²) in [5.41, 5.74) is 1.55. The lowest BCUT2D eigenvalue weighted by atomic mass is 10.3. The van der Waals surface area contributed by atoms with Gasteiger partial charge < -0.3 is 0 Å². The molecule has 0 aliphatic heterocycles. The average molecular weight is 160 g/mol. The predicted octanol–water partition coefficient (Wildman–Crippen LogP) is 1.48. The minimum Gasteiger partial charge on any atom is -0.275 e. The Kier molecular flexibility index (Phi) is 1.37. The molecule has 60 valence electrons. The normalized spacial score (nSPS) is 11.2. The van der Waals surface area contributed by atoms with Gasteiger partial charge in [0.05, 0.1) is 7.06 Å². The van der Waals surface area contributed by atoms with Crippen LogP contribution >= 0.6 is 0 Å². The zero-order chi connectivity index (χ0) is 9.26. The minimum atomic E-state index is 0.389. The van der Waals surface area contributed by atoms with E-state index in [1.54, 1.807) is 19.3 Å². The van der Waals surface area contributed by atoms with Crippen molar-refractivity contribution in [2.75, 3.05) is 0 Å². The van der Waals surface area contributed by atoms with Crippen molar-refractivity contribution in [2.45, 2.75) is 0 Å². The second kappa shape index (κ2) is 2.77. The molecule has 2 aromatic heterocycles. The van der Waals surface area contributed by atoms with Gasteiger partial charge in [0, 0.05) is 19.4 Å². The van der Waals surface area contributed by atoms with Crippen LogP contribution in [0.3, 0.4) is 0 Å². The van der Waals surface area contributed by atoms with E-state index >= 15 is 0 Å². The summed E-state index contributed by atoms with van der Waals surface area (Å²) in [6.07, 6.45) is 2.11. The smallest absolute Gasteiger partial charge is 0.111 e. The fourth-order valence-electron chi connectivity index (χ4n) is 1.01. The van der Waals surface area contributed by atoms with Crippen molar-refractivity contribution < 1.29 is 1.37 Å². The predicted molar refractivity (Wildman–Crippen MR) is 46.4 cm³/mol. The Hall–Kier alpha value is -1.64. The Labute approximate surface area is 72.1 Å². The third-order valence-electron chi connectivity index (χ3n) is 1.57. The number of rotatable bonds is 1. The van der Waals surface area contributed by atoms with Crippen LogP contribution in [0.4, 0.5) is 0 Å². The molecule has 3 nitrogen and oxygen atoms in total. The zero-order valence-electron chi connectivity index (χ0n) is 7.73. The van der Waals surface area contributed by atoms with Crippen LogP contribution in [0.15, 0.2) is 36.6 Å². The van der Waals surface area contributed by atoms with Crippen LogP contribution in [0.1, 0.15) is 1.37 Å². The fraction of sp³-hybridized carbons (Fsp3) is 0.111. The maximum absolute atomic E-state index is 7.46. The van der Waals surface area contributed by atoms with E-state index < -0.39 is 0 Å². The SMILES string of the molecule is [2H]c1cc(-c2ccccn2)nn1C. The lowest BCUT2D eigenvalue weighted by molar-refractivity contribution is 0.770. The van der Waals surface area contributed by atoms with Crippen LogP contribution in [-0.2, 0) is 7.05 Å². The summed E-state index contributed by atoms with van der Waals surface area (Å²) in [6, 6.07) is 7.33. The highest BCUT2D eigenvalue weighted by Crippen LogP contribution is 2.11. The van der Waals surface area contributed by atoms with Crippen LogP contribution in [0.25, 0.3) is 11.4 Å². The molecule has 0 radical (unpaired) electrons. The van der Waals surface area contributed by atoms with Crippen molar-refractivity contribution in [3.63, 3.8) is 0 Å². The molecule has 0 aliphatic rings. The first kappa shape index (κ1) is 5.94. The molecule has 0 spiro atoms. The summed E-state index contributed by atoms with van der Waals surface area (Å²) in [7, 11) is 1.74. The van der Waals surface area contributed by atoms with E-state index in [4.69, 9.17) is 1.37 Å². The quantitative estimate of drug-likeness (QED) is 0.632. The van der Waals surface area contributed by atoms with Crippen molar-refractivity contribution in [1.82, 2.24) is 14.8 Å². The number of aryl methyl sites for hydroxylation is 1. The van der Waals surface area contributed by atoms with E-state index in [1.165, 1.54) is 4.68 Å². The first-order valence-electron chi connectivity index (χ1n) is 4.19. The molecule has 0 fully saturated rings. The van der Waals surface area contributed by atoms with Crippen LogP contribution in [-0.4, -0.2) is 14.8 Å². The van der Waals surface area contributed by atoms with E-state index in [9.17, 15) is 0 Å². The minimum absolute atomic E-state index is 0.389. The molecule has 12 heavy (non-hydrogen) atoms. The van der Waals surface area contributed by atoms with Gasteiger partial charge in [-0.05, 0) is 18.2 Å². The van der Waals surface area contributed by atoms with Crippen molar-refractivity contribution in [3.05, 3.63) is 36.6 Å². The first-order valence-corrected chi connectivity index (χ1v) is 3.69. The lowest BCUT2D eigenvalue weighted by Crippen LogP contribution is -1.88. The molecule has 2 aromatic rings. The largest absolute Gasteiger partial charge is 0.275 e. The molecule has 0 unspecified atom stereocenters. The summed E-state index contributed by atoms with van der Waals surface area (Å²) in [5.74, 6) is 0. The van der Waals surface area contributed by atoms with Crippen molar-refractivity contribution in [1.29, 1.82) is 0 Å². The molecule has 2 heterocycles. The average Bonchev–Trinajstić information content (AvgIpc) is 2.49. The topological polar surface area (TPSA) is 30.7 Å². The molecule has 0 atom stereocenters. The second-order valence-corrected chi connectivity index (χ2v) is 2.50. The summed E-state index contributed by atoms with van der Waals surface area (Å²) >= 11 is 0. The van der Waals surface area contributed by atoms with Crippen molar-refractivity contribution in [2.24, 2.45) is 7.05 Å². The van der Waals surface area contributed by atoms with Crippen LogP contribution < -0.4 is 0 Å². The Bertz CT molecular complexity index is 389. The molecular formula is C9H9N3. The molecule has 0 saturated heterocycles. The number of hydrogen-bond donors (Lipinski definition) is 0. The molecule has 0 bridgehead atoms. The van der Waals surface area contributed by atoms with Crippen LogP contribution in [0, 0.1) is 0 Å². The van der Waals surface area contributed by atoms with Gasteiger partial charge in [-0.3, -0.25) is 9.67 Å². The van der Waals surface area contributed by atoms with Crippen LogP contribution in [0.2, 0.25) is 0 Å². The van der Waals surface area contributed by atoms with Gasteiger partial charge in [0.15, 0.2) is 0 Å². The molecule has 0 amide bonds. The number of nitrogens with zero attached hydrogens (tertiary/aromatic N) is 3. The van der Waals surface area contributed by atoms with Crippen molar-refractivity contribution in [3.8, 4) is 11.4 Å². The van der Waals surface area contributed by atoms with E-state index in [2.05, 4.69) is 10.1 Å². The van der Waals surface area contributed by atoms with Crippen LogP contribution in [0.5, 0.6) is 0 Å². The second-order valence-electron chi connectivity index (χ2n) is 2.50. The van der Waals surface area contributed by atoms with Gasteiger partial charge in [-0.1, -0.05) is 6.07 Å². The van der Waals surface area contributed by atoms with Gasteiger partial charge in [0.25, 0.3) is 0 Å². The summed E-state index contributed by atoms with van der Waals surface area (Å²) in [5, 5.41) is 4.15. The fourth-order valence-corrected chi connectivity index (χ4v) is 1.01. The molecule has 0 aliphatic carbocycles.